The van der Waals surface area contributed by atoms with Crippen LogP contribution in [0.5, 0.6) is 0 Å². The largest absolute Gasteiger partial charge is 0.313 e. The lowest BCUT2D eigenvalue weighted by molar-refractivity contribution is 0.595. The van der Waals surface area contributed by atoms with Crippen LogP contribution in [0, 0.1) is 5.82 Å². The molecule has 2 aromatic rings. The minimum absolute atomic E-state index is 0.124. The van der Waals surface area contributed by atoms with E-state index in [0.717, 1.165) is 5.56 Å². The van der Waals surface area contributed by atoms with Crippen molar-refractivity contribution in [1.82, 2.24) is 20.1 Å². The average Bonchev–Trinajstić information content (AvgIpc) is 2.81. The highest BCUT2D eigenvalue weighted by Gasteiger charge is 2.09. The van der Waals surface area contributed by atoms with Crippen molar-refractivity contribution >= 4 is 0 Å². The molecule has 0 saturated carbocycles. The maximum Gasteiger partial charge on any atom is 0.149 e. The molecule has 0 aliphatic heterocycles. The summed E-state index contributed by atoms with van der Waals surface area (Å²) in [5, 5.41) is 6.95. The SMILES string of the molecule is CNC(C)c1ccc(-n2cncn2)c(F)c1. The molecule has 0 saturated heterocycles. The molecule has 0 aliphatic rings. The lowest BCUT2D eigenvalue weighted by Gasteiger charge is -2.11. The van der Waals surface area contributed by atoms with Gasteiger partial charge in [0.1, 0.15) is 24.2 Å². The van der Waals surface area contributed by atoms with Crippen LogP contribution >= 0.6 is 0 Å². The Hall–Kier alpha value is -1.75. The molecule has 16 heavy (non-hydrogen) atoms. The predicted molar refractivity (Wildman–Crippen MR) is 58.8 cm³/mol. The topological polar surface area (TPSA) is 42.7 Å². The van der Waals surface area contributed by atoms with Crippen LogP contribution in [-0.4, -0.2) is 21.8 Å². The summed E-state index contributed by atoms with van der Waals surface area (Å²) in [6.45, 7) is 1.98. The van der Waals surface area contributed by atoms with Gasteiger partial charge in [-0.1, -0.05) is 6.07 Å². The van der Waals surface area contributed by atoms with Crippen molar-refractivity contribution in [2.75, 3.05) is 7.05 Å². The fourth-order valence-corrected chi connectivity index (χ4v) is 1.48. The van der Waals surface area contributed by atoms with E-state index in [4.69, 9.17) is 0 Å². The van der Waals surface area contributed by atoms with E-state index in [1.165, 1.54) is 23.4 Å². The van der Waals surface area contributed by atoms with Gasteiger partial charge in [-0.25, -0.2) is 14.1 Å². The first kappa shape index (κ1) is 10.8. The van der Waals surface area contributed by atoms with Crippen molar-refractivity contribution in [2.24, 2.45) is 0 Å². The summed E-state index contributed by atoms with van der Waals surface area (Å²) in [6.07, 6.45) is 2.85. The number of nitrogens with one attached hydrogen (secondary N) is 1. The number of hydrogen-bond acceptors (Lipinski definition) is 3. The van der Waals surface area contributed by atoms with Gasteiger partial charge in [-0.15, -0.1) is 0 Å². The summed E-state index contributed by atoms with van der Waals surface area (Å²) in [6, 6.07) is 5.21. The zero-order valence-corrected chi connectivity index (χ0v) is 9.18. The van der Waals surface area contributed by atoms with Gasteiger partial charge >= 0.3 is 0 Å². The first-order valence-electron chi connectivity index (χ1n) is 5.04. The summed E-state index contributed by atoms with van der Waals surface area (Å²) in [5.41, 5.74) is 1.31. The van der Waals surface area contributed by atoms with E-state index in [1.807, 2.05) is 20.0 Å². The molecule has 84 valence electrons. The Kier molecular flexibility index (Phi) is 2.96. The minimum atomic E-state index is -0.301. The zero-order chi connectivity index (χ0) is 11.5. The van der Waals surface area contributed by atoms with Crippen LogP contribution in [0.1, 0.15) is 18.5 Å². The average molecular weight is 220 g/mol. The molecule has 1 atom stereocenters. The third kappa shape index (κ3) is 1.94. The summed E-state index contributed by atoms with van der Waals surface area (Å²) < 4.78 is 15.2. The first-order chi connectivity index (χ1) is 7.72. The van der Waals surface area contributed by atoms with Gasteiger partial charge in [-0.05, 0) is 31.7 Å². The highest BCUT2D eigenvalue weighted by atomic mass is 19.1. The number of rotatable bonds is 3. The molecule has 1 N–H and O–H groups in total. The third-order valence-electron chi connectivity index (χ3n) is 2.57. The molecule has 1 heterocycles. The molecule has 5 heteroatoms. The lowest BCUT2D eigenvalue weighted by atomic mass is 10.1. The van der Waals surface area contributed by atoms with Crippen molar-refractivity contribution in [3.63, 3.8) is 0 Å². The second-order valence-corrected chi connectivity index (χ2v) is 3.56. The molecule has 1 unspecified atom stereocenters. The Morgan fingerprint density at radius 3 is 2.81 bits per heavy atom. The van der Waals surface area contributed by atoms with Gasteiger partial charge in [0.25, 0.3) is 0 Å². The summed E-state index contributed by atoms with van der Waals surface area (Å²) >= 11 is 0. The van der Waals surface area contributed by atoms with Crippen LogP contribution in [0.3, 0.4) is 0 Å². The van der Waals surface area contributed by atoms with Crippen molar-refractivity contribution in [3.8, 4) is 5.69 Å². The number of aromatic nitrogens is 3. The summed E-state index contributed by atoms with van der Waals surface area (Å²) in [7, 11) is 1.84. The van der Waals surface area contributed by atoms with Crippen molar-refractivity contribution in [3.05, 3.63) is 42.2 Å². The number of nitrogens with zero attached hydrogens (tertiary/aromatic N) is 3. The van der Waals surface area contributed by atoms with E-state index >= 15 is 0 Å². The molecular formula is C11H13FN4. The van der Waals surface area contributed by atoms with Crippen LogP contribution in [-0.2, 0) is 0 Å². The number of benzene rings is 1. The Labute approximate surface area is 93.1 Å². The lowest BCUT2D eigenvalue weighted by Crippen LogP contribution is -2.12. The fraction of sp³-hybridized carbons (Fsp3) is 0.273. The Balaban J connectivity index is 2.37. The molecule has 0 amide bonds. The van der Waals surface area contributed by atoms with Crippen LogP contribution in [0.25, 0.3) is 5.69 Å². The second kappa shape index (κ2) is 4.40. The van der Waals surface area contributed by atoms with Gasteiger partial charge in [-0.2, -0.15) is 5.10 Å². The molecular weight excluding hydrogens is 207 g/mol. The van der Waals surface area contributed by atoms with E-state index in [-0.39, 0.29) is 11.9 Å². The van der Waals surface area contributed by atoms with Gasteiger partial charge in [0, 0.05) is 6.04 Å². The molecule has 4 nitrogen and oxygen atoms in total. The van der Waals surface area contributed by atoms with Crippen LogP contribution in [0.15, 0.2) is 30.9 Å². The molecule has 0 spiro atoms. The summed E-state index contributed by atoms with van der Waals surface area (Å²) in [4.78, 5) is 3.79. The molecule has 1 aromatic carbocycles. The molecule has 0 fully saturated rings. The zero-order valence-electron chi connectivity index (χ0n) is 9.18. The van der Waals surface area contributed by atoms with E-state index in [2.05, 4.69) is 15.4 Å². The highest BCUT2D eigenvalue weighted by molar-refractivity contribution is 5.36. The maximum atomic E-state index is 13.8. The first-order valence-corrected chi connectivity index (χ1v) is 5.04. The third-order valence-corrected chi connectivity index (χ3v) is 2.57. The van der Waals surface area contributed by atoms with Gasteiger partial charge in [0.05, 0.1) is 0 Å². The quantitative estimate of drug-likeness (QED) is 0.855. The fourth-order valence-electron chi connectivity index (χ4n) is 1.48. The molecule has 2 rings (SSSR count). The Morgan fingerprint density at radius 2 is 2.25 bits per heavy atom. The summed E-state index contributed by atoms with van der Waals surface area (Å²) in [5.74, 6) is -0.301. The van der Waals surface area contributed by atoms with Crippen molar-refractivity contribution < 1.29 is 4.39 Å². The van der Waals surface area contributed by atoms with Crippen molar-refractivity contribution in [1.29, 1.82) is 0 Å². The van der Waals surface area contributed by atoms with Gasteiger partial charge < -0.3 is 5.32 Å². The highest BCUT2D eigenvalue weighted by Crippen LogP contribution is 2.18. The van der Waals surface area contributed by atoms with Crippen LogP contribution in [0.4, 0.5) is 4.39 Å². The minimum Gasteiger partial charge on any atom is -0.313 e. The number of halogens is 1. The normalized spacial score (nSPS) is 12.7. The van der Waals surface area contributed by atoms with E-state index in [1.54, 1.807) is 6.07 Å². The standard InChI is InChI=1S/C11H13FN4/c1-8(13-2)9-3-4-11(10(12)5-9)16-7-14-6-15-16/h3-8,13H,1-2H3. The van der Waals surface area contributed by atoms with Crippen LogP contribution < -0.4 is 5.32 Å². The molecule has 0 aliphatic carbocycles. The van der Waals surface area contributed by atoms with E-state index < -0.39 is 0 Å². The molecule has 0 bridgehead atoms. The smallest absolute Gasteiger partial charge is 0.149 e. The van der Waals surface area contributed by atoms with E-state index in [0.29, 0.717) is 5.69 Å². The van der Waals surface area contributed by atoms with Gasteiger partial charge in [0.15, 0.2) is 0 Å². The molecule has 0 radical (unpaired) electrons. The second-order valence-electron chi connectivity index (χ2n) is 3.56. The van der Waals surface area contributed by atoms with Crippen LogP contribution in [0.2, 0.25) is 0 Å². The molecule has 1 aromatic heterocycles. The van der Waals surface area contributed by atoms with Gasteiger partial charge in [-0.3, -0.25) is 0 Å². The monoisotopic (exact) mass is 220 g/mol. The van der Waals surface area contributed by atoms with Gasteiger partial charge in [0.2, 0.25) is 0 Å². The Morgan fingerprint density at radius 1 is 1.44 bits per heavy atom. The predicted octanol–water partition coefficient (Wildman–Crippen LogP) is 1.69. The van der Waals surface area contributed by atoms with Crippen molar-refractivity contribution in [2.45, 2.75) is 13.0 Å². The Bertz CT molecular complexity index is 467. The maximum absolute atomic E-state index is 13.8. The number of hydrogen-bond donors (Lipinski definition) is 1. The van der Waals surface area contributed by atoms with E-state index in [9.17, 15) is 4.39 Å².